The van der Waals surface area contributed by atoms with Crippen LogP contribution < -0.4 is 0 Å². The summed E-state index contributed by atoms with van der Waals surface area (Å²) in [6.45, 7) is 2.13. The zero-order valence-electron chi connectivity index (χ0n) is 11.0. The Hall–Kier alpha value is -1.98. The Balaban J connectivity index is 2.71. The highest BCUT2D eigenvalue weighted by Crippen LogP contribution is 2.26. The minimum Gasteiger partial charge on any atom is -0.258 e. The van der Waals surface area contributed by atoms with Gasteiger partial charge in [-0.2, -0.15) is 0 Å². The highest BCUT2D eigenvalue weighted by molar-refractivity contribution is 5.49. The van der Waals surface area contributed by atoms with Crippen LogP contribution in [0.25, 0.3) is 0 Å². The summed E-state index contributed by atoms with van der Waals surface area (Å²) < 4.78 is 0. The maximum Gasteiger partial charge on any atom is 0.279 e. The Kier molecular flexibility index (Phi) is 5.92. The van der Waals surface area contributed by atoms with Gasteiger partial charge in [0.25, 0.3) is 11.4 Å². The van der Waals surface area contributed by atoms with Crippen molar-refractivity contribution in [1.82, 2.24) is 0 Å². The van der Waals surface area contributed by atoms with Crippen molar-refractivity contribution in [3.8, 4) is 0 Å². The summed E-state index contributed by atoms with van der Waals surface area (Å²) in [5.74, 6) is 0. The molecule has 0 radical (unpaired) electrons. The molecule has 0 amide bonds. The third kappa shape index (κ3) is 4.65. The number of rotatable bonds is 8. The molecule has 0 aliphatic carbocycles. The molecule has 6 nitrogen and oxygen atoms in total. The van der Waals surface area contributed by atoms with Gasteiger partial charge in [-0.05, 0) is 18.9 Å². The van der Waals surface area contributed by atoms with Gasteiger partial charge in [0.15, 0.2) is 0 Å². The van der Waals surface area contributed by atoms with Crippen LogP contribution in [0.5, 0.6) is 0 Å². The summed E-state index contributed by atoms with van der Waals surface area (Å²) in [4.78, 5) is 20.4. The molecule has 1 aromatic carbocycles. The summed E-state index contributed by atoms with van der Waals surface area (Å²) in [5, 5.41) is 21.5. The van der Waals surface area contributed by atoms with Crippen LogP contribution in [0.1, 0.15) is 44.6 Å². The molecule has 0 bridgehead atoms. The monoisotopic (exact) mass is 266 g/mol. The average molecular weight is 266 g/mol. The van der Waals surface area contributed by atoms with Gasteiger partial charge >= 0.3 is 0 Å². The number of unbranched alkanes of at least 4 members (excludes halogenated alkanes) is 4. The maximum absolute atomic E-state index is 10.9. The van der Waals surface area contributed by atoms with Crippen molar-refractivity contribution in [2.75, 3.05) is 0 Å². The van der Waals surface area contributed by atoms with Gasteiger partial charge in [0.2, 0.25) is 0 Å². The molecule has 0 aromatic heterocycles. The molecule has 104 valence electrons. The summed E-state index contributed by atoms with van der Waals surface area (Å²) in [6.07, 6.45) is 5.94. The van der Waals surface area contributed by atoms with Crippen LogP contribution in [-0.4, -0.2) is 9.85 Å². The van der Waals surface area contributed by atoms with Crippen molar-refractivity contribution in [2.45, 2.75) is 45.4 Å². The van der Waals surface area contributed by atoms with Crippen LogP contribution >= 0.6 is 0 Å². The van der Waals surface area contributed by atoms with Crippen LogP contribution in [0.2, 0.25) is 0 Å². The molecule has 0 saturated heterocycles. The first-order valence-electron chi connectivity index (χ1n) is 6.48. The first-order valence-corrected chi connectivity index (χ1v) is 6.48. The Morgan fingerprint density at radius 1 is 1.00 bits per heavy atom. The van der Waals surface area contributed by atoms with E-state index in [1.165, 1.54) is 18.6 Å². The molecule has 19 heavy (non-hydrogen) atoms. The van der Waals surface area contributed by atoms with Crippen molar-refractivity contribution >= 4 is 11.4 Å². The number of non-ortho nitro benzene ring substituents is 1. The van der Waals surface area contributed by atoms with Gasteiger partial charge in [-0.1, -0.05) is 32.6 Å². The number of hydrogen-bond donors (Lipinski definition) is 0. The standard InChI is InChI=1S/C13H18N2O4/c1-2-3-4-5-6-7-11-8-9-12(14(16)17)10-13(11)15(18)19/h8-10H,2-7H2,1H3. The summed E-state index contributed by atoms with van der Waals surface area (Å²) in [6, 6.07) is 3.87. The minimum absolute atomic E-state index is 0.148. The summed E-state index contributed by atoms with van der Waals surface area (Å²) in [7, 11) is 0. The van der Waals surface area contributed by atoms with E-state index in [1.54, 1.807) is 0 Å². The fraction of sp³-hybridized carbons (Fsp3) is 0.538. The Morgan fingerprint density at radius 2 is 1.68 bits per heavy atom. The lowest BCUT2D eigenvalue weighted by molar-refractivity contribution is -0.394. The van der Waals surface area contributed by atoms with Crippen LogP contribution in [0, 0.1) is 20.2 Å². The molecular formula is C13H18N2O4. The Bertz CT molecular complexity index is 460. The number of nitro benzene ring substituents is 2. The molecule has 0 N–H and O–H groups in total. The largest absolute Gasteiger partial charge is 0.279 e. The SMILES string of the molecule is CCCCCCCc1ccc([N+](=O)[O-])cc1[N+](=O)[O-]. The van der Waals surface area contributed by atoms with Crippen LogP contribution in [-0.2, 0) is 6.42 Å². The molecule has 0 aliphatic rings. The quantitative estimate of drug-likeness (QED) is 0.404. The molecule has 0 fully saturated rings. The van der Waals surface area contributed by atoms with E-state index in [0.29, 0.717) is 12.0 Å². The minimum atomic E-state index is -0.613. The van der Waals surface area contributed by atoms with Gasteiger partial charge in [-0.3, -0.25) is 20.2 Å². The number of benzene rings is 1. The van der Waals surface area contributed by atoms with Gasteiger partial charge in [-0.25, -0.2) is 0 Å². The summed E-state index contributed by atoms with van der Waals surface area (Å²) in [5.41, 5.74) is 0.193. The van der Waals surface area contributed by atoms with Crippen molar-refractivity contribution in [3.63, 3.8) is 0 Å². The van der Waals surface area contributed by atoms with E-state index in [2.05, 4.69) is 6.92 Å². The van der Waals surface area contributed by atoms with Gasteiger partial charge < -0.3 is 0 Å². The van der Waals surface area contributed by atoms with Crippen molar-refractivity contribution in [2.24, 2.45) is 0 Å². The second-order valence-electron chi connectivity index (χ2n) is 4.49. The van der Waals surface area contributed by atoms with Crippen molar-refractivity contribution < 1.29 is 9.85 Å². The smallest absolute Gasteiger partial charge is 0.258 e. The molecule has 0 atom stereocenters. The molecule has 1 rings (SSSR count). The van der Waals surface area contributed by atoms with E-state index >= 15 is 0 Å². The normalized spacial score (nSPS) is 10.4. The predicted molar refractivity (Wildman–Crippen MR) is 72.2 cm³/mol. The molecule has 0 spiro atoms. The van der Waals surface area contributed by atoms with E-state index < -0.39 is 9.85 Å². The van der Waals surface area contributed by atoms with E-state index in [4.69, 9.17) is 0 Å². The van der Waals surface area contributed by atoms with E-state index in [9.17, 15) is 20.2 Å². The highest BCUT2D eigenvalue weighted by Gasteiger charge is 2.18. The van der Waals surface area contributed by atoms with Crippen LogP contribution in [0.4, 0.5) is 11.4 Å². The predicted octanol–water partition coefficient (Wildman–Crippen LogP) is 4.02. The average Bonchev–Trinajstić information content (AvgIpc) is 2.38. The Morgan fingerprint density at radius 3 is 2.26 bits per heavy atom. The molecule has 6 heteroatoms. The van der Waals surface area contributed by atoms with E-state index in [-0.39, 0.29) is 11.4 Å². The zero-order valence-corrected chi connectivity index (χ0v) is 11.0. The third-order valence-electron chi connectivity index (χ3n) is 3.03. The number of hydrogen-bond acceptors (Lipinski definition) is 4. The molecule has 0 unspecified atom stereocenters. The lowest BCUT2D eigenvalue weighted by Crippen LogP contribution is -1.98. The van der Waals surface area contributed by atoms with Crippen molar-refractivity contribution in [1.29, 1.82) is 0 Å². The van der Waals surface area contributed by atoms with E-state index in [0.717, 1.165) is 31.7 Å². The topological polar surface area (TPSA) is 86.3 Å². The van der Waals surface area contributed by atoms with Crippen LogP contribution in [0.3, 0.4) is 0 Å². The number of nitro groups is 2. The highest BCUT2D eigenvalue weighted by atomic mass is 16.6. The third-order valence-corrected chi connectivity index (χ3v) is 3.03. The lowest BCUT2D eigenvalue weighted by Gasteiger charge is -2.03. The first kappa shape index (κ1) is 15.1. The van der Waals surface area contributed by atoms with Gasteiger partial charge in [-0.15, -0.1) is 0 Å². The maximum atomic E-state index is 10.9. The number of nitrogens with zero attached hydrogens (tertiary/aromatic N) is 2. The van der Waals surface area contributed by atoms with Gasteiger partial charge in [0, 0.05) is 11.6 Å². The molecule has 1 aromatic rings. The second-order valence-corrected chi connectivity index (χ2v) is 4.49. The first-order chi connectivity index (χ1) is 9.06. The fourth-order valence-electron chi connectivity index (χ4n) is 1.97. The Labute approximate surface area is 111 Å². The number of aryl methyl sites for hydroxylation is 1. The molecule has 0 saturated carbocycles. The van der Waals surface area contributed by atoms with Crippen LogP contribution in [0.15, 0.2) is 18.2 Å². The zero-order chi connectivity index (χ0) is 14.3. The molecule has 0 heterocycles. The van der Waals surface area contributed by atoms with Gasteiger partial charge in [0.05, 0.1) is 15.9 Å². The second kappa shape index (κ2) is 7.45. The van der Waals surface area contributed by atoms with E-state index in [1.807, 2.05) is 0 Å². The summed E-state index contributed by atoms with van der Waals surface area (Å²) >= 11 is 0. The lowest BCUT2D eigenvalue weighted by atomic mass is 10.0. The molecular weight excluding hydrogens is 248 g/mol. The fourth-order valence-corrected chi connectivity index (χ4v) is 1.97. The van der Waals surface area contributed by atoms with Gasteiger partial charge in [0.1, 0.15) is 0 Å². The van der Waals surface area contributed by atoms with Crippen molar-refractivity contribution in [3.05, 3.63) is 44.0 Å². The molecule has 0 aliphatic heterocycles.